The first-order chi connectivity index (χ1) is 7.16. The van der Waals surface area contributed by atoms with Crippen LogP contribution < -0.4 is 16.8 Å². The maximum Gasteiger partial charge on any atom is 0.195 e. The molecule has 0 rings (SSSR count). The van der Waals surface area contributed by atoms with Crippen molar-refractivity contribution >= 4 is 24.3 Å². The highest BCUT2D eigenvalue weighted by atomic mass is 35.5. The molecule has 0 saturated carbocycles. The Kier molecular flexibility index (Phi) is 13.0. The molecular formula is C8H20ClN5O2. The van der Waals surface area contributed by atoms with E-state index in [9.17, 15) is 0 Å². The van der Waals surface area contributed by atoms with E-state index in [4.69, 9.17) is 26.4 Å². The summed E-state index contributed by atoms with van der Waals surface area (Å²) in [5.41, 5.74) is 10.4. The Bertz CT molecular complexity index is 213. The number of aliphatic imine (C=N–C) groups is 1. The molecule has 0 atom stereocenters. The van der Waals surface area contributed by atoms with E-state index in [0.717, 1.165) is 0 Å². The second-order valence-corrected chi connectivity index (χ2v) is 2.61. The zero-order valence-electron chi connectivity index (χ0n) is 9.36. The van der Waals surface area contributed by atoms with Gasteiger partial charge in [0, 0.05) is 6.61 Å². The summed E-state index contributed by atoms with van der Waals surface area (Å²) in [5.74, 6) is -0.107. The van der Waals surface area contributed by atoms with Crippen LogP contribution in [0.15, 0.2) is 4.99 Å². The molecule has 0 aliphatic carbocycles. The van der Waals surface area contributed by atoms with E-state index < -0.39 is 0 Å². The van der Waals surface area contributed by atoms with Crippen molar-refractivity contribution in [3.63, 3.8) is 0 Å². The van der Waals surface area contributed by atoms with Crippen LogP contribution in [0.2, 0.25) is 0 Å². The molecule has 7 nitrogen and oxygen atoms in total. The SMILES string of the molecule is CCOCCOCCN=C(N)NC(=N)N.Cl. The van der Waals surface area contributed by atoms with Crippen LogP contribution in [-0.4, -0.2) is 44.9 Å². The van der Waals surface area contributed by atoms with Crippen LogP contribution in [0, 0.1) is 5.41 Å². The van der Waals surface area contributed by atoms with Crippen molar-refractivity contribution in [3.05, 3.63) is 0 Å². The Morgan fingerprint density at radius 3 is 2.44 bits per heavy atom. The van der Waals surface area contributed by atoms with E-state index in [2.05, 4.69) is 10.3 Å². The van der Waals surface area contributed by atoms with Gasteiger partial charge in [-0.1, -0.05) is 0 Å². The van der Waals surface area contributed by atoms with Crippen molar-refractivity contribution in [2.45, 2.75) is 6.92 Å². The predicted molar refractivity (Wildman–Crippen MR) is 66.1 cm³/mol. The number of ether oxygens (including phenoxy) is 2. The number of halogens is 1. The van der Waals surface area contributed by atoms with Gasteiger partial charge in [-0.05, 0) is 6.92 Å². The summed E-state index contributed by atoms with van der Waals surface area (Å²) < 4.78 is 10.3. The lowest BCUT2D eigenvalue weighted by molar-refractivity contribution is 0.0562. The van der Waals surface area contributed by atoms with Gasteiger partial charge in [-0.25, -0.2) is 0 Å². The summed E-state index contributed by atoms with van der Waals surface area (Å²) in [6.45, 7) is 4.64. The lowest BCUT2D eigenvalue weighted by Crippen LogP contribution is -2.41. The third-order valence-corrected chi connectivity index (χ3v) is 1.36. The minimum absolute atomic E-state index is 0. The van der Waals surface area contributed by atoms with Gasteiger partial charge in [0.2, 0.25) is 0 Å². The fourth-order valence-electron chi connectivity index (χ4n) is 0.772. The van der Waals surface area contributed by atoms with Gasteiger partial charge < -0.3 is 20.9 Å². The summed E-state index contributed by atoms with van der Waals surface area (Å²) in [4.78, 5) is 3.88. The highest BCUT2D eigenvalue weighted by molar-refractivity contribution is 5.95. The first-order valence-electron chi connectivity index (χ1n) is 4.73. The van der Waals surface area contributed by atoms with E-state index in [0.29, 0.717) is 33.0 Å². The monoisotopic (exact) mass is 253 g/mol. The zero-order valence-corrected chi connectivity index (χ0v) is 10.2. The molecule has 0 aliphatic heterocycles. The van der Waals surface area contributed by atoms with Crippen LogP contribution in [0.5, 0.6) is 0 Å². The molecule has 0 heterocycles. The molecule has 0 saturated heterocycles. The van der Waals surface area contributed by atoms with Gasteiger partial charge in [0.05, 0.1) is 26.4 Å². The minimum atomic E-state index is -0.228. The molecular weight excluding hydrogens is 234 g/mol. The Balaban J connectivity index is 0. The Labute approximate surface area is 101 Å². The summed E-state index contributed by atoms with van der Waals surface area (Å²) >= 11 is 0. The molecule has 0 aliphatic rings. The van der Waals surface area contributed by atoms with Crippen LogP contribution in [0.25, 0.3) is 0 Å². The van der Waals surface area contributed by atoms with Gasteiger partial charge >= 0.3 is 0 Å². The highest BCUT2D eigenvalue weighted by Gasteiger charge is 1.92. The number of nitrogens with zero attached hydrogens (tertiary/aromatic N) is 1. The largest absolute Gasteiger partial charge is 0.379 e. The van der Waals surface area contributed by atoms with Crippen LogP contribution in [0.4, 0.5) is 0 Å². The van der Waals surface area contributed by atoms with Crippen LogP contribution >= 0.6 is 12.4 Å². The van der Waals surface area contributed by atoms with Gasteiger partial charge in [0.25, 0.3) is 0 Å². The third-order valence-electron chi connectivity index (χ3n) is 1.36. The van der Waals surface area contributed by atoms with Crippen molar-refractivity contribution in [2.24, 2.45) is 16.5 Å². The van der Waals surface area contributed by atoms with Crippen molar-refractivity contribution in [2.75, 3.05) is 33.0 Å². The second-order valence-electron chi connectivity index (χ2n) is 2.61. The molecule has 0 aromatic carbocycles. The van der Waals surface area contributed by atoms with Crippen LogP contribution in [0.1, 0.15) is 6.92 Å². The van der Waals surface area contributed by atoms with Crippen molar-refractivity contribution in [1.29, 1.82) is 5.41 Å². The minimum Gasteiger partial charge on any atom is -0.379 e. The quantitative estimate of drug-likeness (QED) is 0.271. The molecule has 8 heteroatoms. The van der Waals surface area contributed by atoms with Gasteiger partial charge in [-0.3, -0.25) is 15.7 Å². The molecule has 0 aromatic heterocycles. The molecule has 96 valence electrons. The summed E-state index contributed by atoms with van der Waals surface area (Å²) in [6.07, 6.45) is 0. The number of hydrogen-bond acceptors (Lipinski definition) is 4. The normalized spacial score (nSPS) is 10.7. The molecule has 6 N–H and O–H groups in total. The molecule has 0 spiro atoms. The fourth-order valence-corrected chi connectivity index (χ4v) is 0.772. The van der Waals surface area contributed by atoms with Crippen molar-refractivity contribution < 1.29 is 9.47 Å². The van der Waals surface area contributed by atoms with Gasteiger partial charge in [-0.15, -0.1) is 12.4 Å². The topological polar surface area (TPSA) is 119 Å². The van der Waals surface area contributed by atoms with Gasteiger partial charge in [-0.2, -0.15) is 0 Å². The standard InChI is InChI=1S/C8H19N5O2.ClH/c1-2-14-5-6-15-4-3-12-8(11)13-7(9)10;/h2-6H2,1H3,(H6,9,10,11,12,13);1H. The van der Waals surface area contributed by atoms with E-state index in [1.807, 2.05) is 6.92 Å². The smallest absolute Gasteiger partial charge is 0.195 e. The van der Waals surface area contributed by atoms with Gasteiger partial charge in [0.1, 0.15) is 0 Å². The Hall–Kier alpha value is -1.05. The molecule has 0 radical (unpaired) electrons. The van der Waals surface area contributed by atoms with Crippen LogP contribution in [0.3, 0.4) is 0 Å². The molecule has 16 heavy (non-hydrogen) atoms. The average molecular weight is 254 g/mol. The van der Waals surface area contributed by atoms with Crippen molar-refractivity contribution in [3.8, 4) is 0 Å². The summed E-state index contributed by atoms with van der Waals surface area (Å²) in [7, 11) is 0. The molecule has 0 fully saturated rings. The number of nitrogens with one attached hydrogen (secondary N) is 2. The van der Waals surface area contributed by atoms with Gasteiger partial charge in [0.15, 0.2) is 11.9 Å². The van der Waals surface area contributed by atoms with E-state index >= 15 is 0 Å². The number of guanidine groups is 2. The van der Waals surface area contributed by atoms with Crippen molar-refractivity contribution in [1.82, 2.24) is 5.32 Å². The highest BCUT2D eigenvalue weighted by Crippen LogP contribution is 1.79. The number of nitrogens with two attached hydrogens (primary N) is 2. The maximum atomic E-state index is 6.88. The maximum absolute atomic E-state index is 6.88. The predicted octanol–water partition coefficient (Wildman–Crippen LogP) is -0.741. The van der Waals surface area contributed by atoms with Crippen LogP contribution in [-0.2, 0) is 9.47 Å². The molecule has 0 amide bonds. The fraction of sp³-hybridized carbons (Fsp3) is 0.750. The number of hydrogen-bond donors (Lipinski definition) is 4. The first-order valence-corrected chi connectivity index (χ1v) is 4.73. The zero-order chi connectivity index (χ0) is 11.5. The molecule has 0 unspecified atom stereocenters. The Morgan fingerprint density at radius 1 is 1.25 bits per heavy atom. The summed E-state index contributed by atoms with van der Waals surface area (Å²) in [6, 6.07) is 0. The second kappa shape index (κ2) is 12.0. The average Bonchev–Trinajstić information content (AvgIpc) is 2.15. The number of rotatable bonds is 7. The molecule has 0 aromatic rings. The van der Waals surface area contributed by atoms with E-state index in [1.165, 1.54) is 0 Å². The lowest BCUT2D eigenvalue weighted by Gasteiger charge is -2.04. The van der Waals surface area contributed by atoms with E-state index in [-0.39, 0.29) is 24.3 Å². The van der Waals surface area contributed by atoms with E-state index in [1.54, 1.807) is 0 Å². The summed E-state index contributed by atoms with van der Waals surface area (Å²) in [5, 5.41) is 9.24. The third kappa shape index (κ3) is 12.9. The Morgan fingerprint density at radius 2 is 1.88 bits per heavy atom. The lowest BCUT2D eigenvalue weighted by atomic mass is 10.7. The first kappa shape index (κ1) is 17.3. The molecule has 0 bridgehead atoms.